The van der Waals surface area contributed by atoms with Crippen LogP contribution in [-0.2, 0) is 14.0 Å². The molecule has 0 radical (unpaired) electrons. The van der Waals surface area contributed by atoms with E-state index in [9.17, 15) is 19.5 Å². The van der Waals surface area contributed by atoms with Gasteiger partial charge in [0.25, 0.3) is 0 Å². The summed E-state index contributed by atoms with van der Waals surface area (Å²) in [5.74, 6) is -1.15. The Bertz CT molecular complexity index is 1070. The number of aliphatic hydroxyl groups excluding tert-OH is 1. The molecule has 0 amide bonds. The number of ether oxygens (including phenoxy) is 2. The van der Waals surface area contributed by atoms with Gasteiger partial charge in [0, 0.05) is 24.7 Å². The summed E-state index contributed by atoms with van der Waals surface area (Å²) in [4.78, 5) is 27.8. The van der Waals surface area contributed by atoms with Crippen molar-refractivity contribution < 1.29 is 28.9 Å². The van der Waals surface area contributed by atoms with E-state index in [4.69, 9.17) is 21.1 Å². The largest absolute Gasteiger partial charge is 0.388 e. The molecule has 15 nitrogen and oxygen atoms in total. The van der Waals surface area contributed by atoms with Crippen LogP contribution >= 0.6 is 19.2 Å². The highest BCUT2D eigenvalue weighted by Gasteiger charge is 2.42. The van der Waals surface area contributed by atoms with Crippen LogP contribution in [0.3, 0.4) is 0 Å². The number of nitrogens with zero attached hydrogens (tertiary/aromatic N) is 7. The molecule has 4 atom stereocenters. The van der Waals surface area contributed by atoms with Crippen molar-refractivity contribution in [3.8, 4) is 0 Å². The highest BCUT2D eigenvalue weighted by molar-refractivity contribution is 7.51. The fourth-order valence-corrected chi connectivity index (χ4v) is 5.08. The maximum absolute atomic E-state index is 11.8. The van der Waals surface area contributed by atoms with Gasteiger partial charge in [0.1, 0.15) is 11.9 Å². The lowest BCUT2D eigenvalue weighted by Crippen LogP contribution is -2.39. The number of aromatic amines is 1. The van der Waals surface area contributed by atoms with Crippen LogP contribution in [0.15, 0.2) is 5.10 Å². The summed E-state index contributed by atoms with van der Waals surface area (Å²) in [6.07, 6.45) is 1.69. The Balaban J connectivity index is 1.48. The maximum atomic E-state index is 11.8. The number of nitrogens with one attached hydrogen (secondary N) is 2. The predicted molar refractivity (Wildman–Crippen MR) is 124 cm³/mol. The van der Waals surface area contributed by atoms with Crippen LogP contribution in [0.1, 0.15) is 49.3 Å². The fourth-order valence-electron chi connectivity index (χ4n) is 4.23. The van der Waals surface area contributed by atoms with E-state index in [1.807, 2.05) is 0 Å². The van der Waals surface area contributed by atoms with Gasteiger partial charge in [0.05, 0.1) is 12.7 Å². The molecule has 4 rings (SSSR count). The van der Waals surface area contributed by atoms with Gasteiger partial charge in [0.15, 0.2) is 12.0 Å². The Morgan fingerprint density at radius 1 is 1.40 bits per heavy atom. The van der Waals surface area contributed by atoms with Gasteiger partial charge in [-0.25, -0.2) is 9.99 Å². The molecule has 1 saturated carbocycles. The first-order valence-corrected chi connectivity index (χ1v) is 13.0. The molecule has 1 aliphatic carbocycles. The zero-order valence-electron chi connectivity index (χ0n) is 18.9. The zero-order chi connectivity index (χ0) is 25.2. The Morgan fingerprint density at radius 3 is 2.77 bits per heavy atom. The van der Waals surface area contributed by atoms with E-state index in [2.05, 4.69) is 47.7 Å². The molecule has 17 heteroatoms. The van der Waals surface area contributed by atoms with Crippen LogP contribution in [0.5, 0.6) is 0 Å². The summed E-state index contributed by atoms with van der Waals surface area (Å²) in [6.45, 7) is 5.13. The normalized spacial score (nSPS) is 24.0. The molecule has 2 fully saturated rings. The number of halogens is 1. The number of tetrazole rings is 1. The fraction of sp³-hybridized carbons (Fsp3) is 0.667. The highest BCUT2D eigenvalue weighted by atomic mass is 35.5. The lowest BCUT2D eigenvalue weighted by Gasteiger charge is -2.28. The Kier molecular flexibility index (Phi) is 7.96. The number of aromatic nitrogens is 6. The summed E-state index contributed by atoms with van der Waals surface area (Å²) in [5, 5.41) is 32.0. The Hall–Kier alpha value is -2.26. The quantitative estimate of drug-likeness (QED) is 0.126. The van der Waals surface area contributed by atoms with Gasteiger partial charge in [0.2, 0.25) is 17.0 Å². The third-order valence-corrected chi connectivity index (χ3v) is 7.05. The molecule has 2 aromatic heterocycles. The molecule has 1 unspecified atom stereocenters. The lowest BCUT2D eigenvalue weighted by molar-refractivity contribution is -0.0394. The molecule has 0 spiro atoms. The lowest BCUT2D eigenvalue weighted by atomic mass is 10.2. The molecular formula is C18H27ClN9O6P. The van der Waals surface area contributed by atoms with Crippen molar-refractivity contribution in [3.63, 3.8) is 0 Å². The van der Waals surface area contributed by atoms with Crippen molar-refractivity contribution in [1.29, 1.82) is 0 Å². The van der Waals surface area contributed by atoms with Gasteiger partial charge >= 0.3 is 7.60 Å². The number of hydrazone groups is 1. The number of hydrogen-bond acceptors (Lipinski definition) is 12. The van der Waals surface area contributed by atoms with Gasteiger partial charge in [-0.2, -0.15) is 15.3 Å². The van der Waals surface area contributed by atoms with E-state index in [0.29, 0.717) is 17.2 Å². The number of rotatable bonds is 10. The van der Waals surface area contributed by atoms with Crippen LogP contribution < -0.4 is 10.3 Å². The van der Waals surface area contributed by atoms with E-state index in [1.165, 1.54) is 5.01 Å². The van der Waals surface area contributed by atoms with Gasteiger partial charge < -0.3 is 29.7 Å². The van der Waals surface area contributed by atoms with Crippen LogP contribution in [0, 0.1) is 6.92 Å². The molecule has 2 aliphatic rings. The smallest absolute Gasteiger partial charge is 0.362 e. The van der Waals surface area contributed by atoms with Crippen molar-refractivity contribution in [2.75, 3.05) is 16.9 Å². The van der Waals surface area contributed by atoms with Crippen molar-refractivity contribution in [1.82, 2.24) is 30.6 Å². The topological polar surface area (TPSA) is 204 Å². The van der Waals surface area contributed by atoms with Crippen molar-refractivity contribution in [3.05, 3.63) is 16.7 Å². The summed E-state index contributed by atoms with van der Waals surface area (Å²) >= 11 is 6.19. The van der Waals surface area contributed by atoms with Gasteiger partial charge in [-0.15, -0.1) is 10.2 Å². The van der Waals surface area contributed by atoms with Gasteiger partial charge in [-0.1, -0.05) is 18.1 Å². The maximum Gasteiger partial charge on any atom is 0.362 e. The van der Waals surface area contributed by atoms with Crippen LogP contribution in [0.2, 0.25) is 5.28 Å². The van der Waals surface area contributed by atoms with Gasteiger partial charge in [-0.05, 0) is 31.4 Å². The van der Waals surface area contributed by atoms with Crippen LogP contribution in [0.4, 0.5) is 11.6 Å². The van der Waals surface area contributed by atoms with E-state index in [-0.39, 0.29) is 30.2 Å². The van der Waals surface area contributed by atoms with Crippen LogP contribution in [-0.4, -0.2) is 83.3 Å². The predicted octanol–water partition coefficient (Wildman–Crippen LogP) is 1.10. The second-order valence-corrected chi connectivity index (χ2v) is 10.4. The third kappa shape index (κ3) is 5.94. The van der Waals surface area contributed by atoms with E-state index in [0.717, 1.165) is 25.7 Å². The van der Waals surface area contributed by atoms with Crippen LogP contribution in [0.25, 0.3) is 0 Å². The molecule has 0 aromatic carbocycles. The highest BCUT2D eigenvalue weighted by Crippen LogP contribution is 2.51. The molecule has 1 aliphatic heterocycles. The summed E-state index contributed by atoms with van der Waals surface area (Å²) < 4.78 is 23.1. The molecule has 192 valence electrons. The molecule has 35 heavy (non-hydrogen) atoms. The summed E-state index contributed by atoms with van der Waals surface area (Å²) in [5.41, 5.74) is 0.655. The SMILES string of the molecule is C=NN(c1nc(Cl)nc(NC2CCCC2)c1C)[C@@H]1O[C@H](COC(c2nn[nH]n2)P(=O)(O)O)C[C@H]1O. The zero-order valence-corrected chi connectivity index (χ0v) is 20.5. The Labute approximate surface area is 205 Å². The molecule has 2 aromatic rings. The second-order valence-electron chi connectivity index (χ2n) is 8.40. The van der Waals surface area contributed by atoms with E-state index >= 15 is 0 Å². The molecular weight excluding hydrogens is 505 g/mol. The Morgan fingerprint density at radius 2 is 2.14 bits per heavy atom. The number of H-pyrrole nitrogens is 1. The minimum atomic E-state index is -4.76. The standard InChI is InChI=1S/C18H27ClN9O6P/c1-9-13(21-10-5-3-4-6-10)22-18(19)23-15(9)28(20-2)16-12(29)7-11(34-16)8-33-17(35(30,31)32)14-24-26-27-25-14/h10-12,16-17,29H,2-8H2,1H3,(H,21,22,23)(H2,30,31,32)(H,24,25,26,27)/t11-,12+,16+,17?/m0/s1. The first-order chi connectivity index (χ1) is 16.7. The molecule has 3 heterocycles. The molecule has 5 N–H and O–H groups in total. The number of anilines is 2. The average Bonchev–Trinajstić information content (AvgIpc) is 3.55. The third-order valence-electron chi connectivity index (χ3n) is 5.89. The first-order valence-electron chi connectivity index (χ1n) is 11.0. The average molecular weight is 532 g/mol. The monoisotopic (exact) mass is 531 g/mol. The van der Waals surface area contributed by atoms with Crippen molar-refractivity contribution in [2.24, 2.45) is 5.10 Å². The number of hydrogen-bond donors (Lipinski definition) is 5. The van der Waals surface area contributed by atoms with Crippen molar-refractivity contribution in [2.45, 2.75) is 69.4 Å². The minimum Gasteiger partial charge on any atom is -0.388 e. The number of aliphatic hydroxyl groups is 1. The van der Waals surface area contributed by atoms with E-state index < -0.39 is 31.9 Å². The second kappa shape index (κ2) is 10.8. The van der Waals surface area contributed by atoms with Crippen molar-refractivity contribution >= 4 is 37.5 Å². The molecule has 0 bridgehead atoms. The van der Waals surface area contributed by atoms with Gasteiger partial charge in [-0.3, -0.25) is 4.57 Å². The summed E-state index contributed by atoms with van der Waals surface area (Å²) in [7, 11) is -4.76. The molecule has 1 saturated heterocycles. The van der Waals surface area contributed by atoms with E-state index in [1.54, 1.807) is 6.92 Å². The summed E-state index contributed by atoms with van der Waals surface area (Å²) in [6, 6.07) is 0.286. The minimum absolute atomic E-state index is 0.00304. The first kappa shape index (κ1) is 25.8.